The van der Waals surface area contributed by atoms with Crippen LogP contribution in [0.15, 0.2) is 73.1 Å². The van der Waals surface area contributed by atoms with E-state index >= 15 is 0 Å². The summed E-state index contributed by atoms with van der Waals surface area (Å²) >= 11 is 11.9. The van der Waals surface area contributed by atoms with Crippen LogP contribution in [0.25, 0.3) is 0 Å². The number of urea groups is 2. The number of esters is 1. The number of benzene rings is 2. The normalized spacial score (nSPS) is 14.0. The van der Waals surface area contributed by atoms with Crippen LogP contribution in [0.3, 0.4) is 0 Å². The van der Waals surface area contributed by atoms with Crippen molar-refractivity contribution in [3.8, 4) is 0 Å². The van der Waals surface area contributed by atoms with Gasteiger partial charge in [-0.2, -0.15) is 0 Å². The summed E-state index contributed by atoms with van der Waals surface area (Å²) in [6.45, 7) is 2.98. The highest BCUT2D eigenvalue weighted by Crippen LogP contribution is 2.28. The van der Waals surface area contributed by atoms with Gasteiger partial charge in [0.15, 0.2) is 5.78 Å². The molecule has 0 atom stereocenters. The molecule has 2 aromatic heterocycles. The van der Waals surface area contributed by atoms with E-state index in [0.717, 1.165) is 38.5 Å². The minimum Gasteiger partial charge on any atom is -0.465 e. The highest BCUT2D eigenvalue weighted by molar-refractivity contribution is 6.31. The fraction of sp³-hybridized carbons (Fsp3) is 0.350. The first-order chi connectivity index (χ1) is 27.0. The molecule has 4 amide bonds. The lowest BCUT2D eigenvalue weighted by Gasteiger charge is -2.33. The number of amides is 4. The number of aromatic nitrogens is 2. The van der Waals surface area contributed by atoms with E-state index in [-0.39, 0.29) is 47.5 Å². The van der Waals surface area contributed by atoms with Crippen LogP contribution in [-0.4, -0.2) is 83.4 Å². The fourth-order valence-electron chi connectivity index (χ4n) is 6.24. The van der Waals surface area contributed by atoms with E-state index in [1.165, 1.54) is 65.7 Å². The fourth-order valence-corrected chi connectivity index (χ4v) is 6.59. The number of hydrogen-bond donors (Lipinski definition) is 1. The molecule has 4 heterocycles. The average molecular weight is 811 g/mol. The number of carbonyl (C=O) groups excluding carboxylic acids is 4. The molecule has 2 fully saturated rings. The van der Waals surface area contributed by atoms with Crippen LogP contribution < -0.4 is 15.5 Å². The molecule has 0 bridgehead atoms. The van der Waals surface area contributed by atoms with E-state index in [9.17, 15) is 28.0 Å². The monoisotopic (exact) mass is 809 g/mol. The zero-order valence-corrected chi connectivity index (χ0v) is 32.4. The second-order valence-electron chi connectivity index (χ2n) is 13.2. The second kappa shape index (κ2) is 20.1. The van der Waals surface area contributed by atoms with Crippen molar-refractivity contribution in [3.05, 3.63) is 117 Å². The SMILES string of the molecule is COC(=O)c1ccc(CN(C(=O)N2CCCCC2)c2ccc(F)c(Cl)c2)nc1.NCC(=O)c1ccc(CN(C(=O)N2CCCCC2)c2ccc(F)c(Cl)c2)nc1. The molecule has 2 aromatic carbocycles. The van der Waals surface area contributed by atoms with Gasteiger partial charge in [-0.1, -0.05) is 23.2 Å². The van der Waals surface area contributed by atoms with Gasteiger partial charge in [0.2, 0.25) is 0 Å². The number of ketones is 1. The highest BCUT2D eigenvalue weighted by atomic mass is 35.5. The molecule has 0 saturated carbocycles. The summed E-state index contributed by atoms with van der Waals surface area (Å²) in [5, 5.41) is -0.103. The van der Waals surface area contributed by atoms with Gasteiger partial charge in [0.25, 0.3) is 0 Å². The number of nitrogens with two attached hydrogens (primary N) is 1. The molecule has 296 valence electrons. The first-order valence-corrected chi connectivity index (χ1v) is 19.0. The van der Waals surface area contributed by atoms with Crippen molar-refractivity contribution in [1.29, 1.82) is 0 Å². The molecule has 12 nitrogen and oxygen atoms in total. The lowest BCUT2D eigenvalue weighted by atomic mass is 10.1. The molecule has 2 saturated heterocycles. The summed E-state index contributed by atoms with van der Waals surface area (Å²) < 4.78 is 31.9. The van der Waals surface area contributed by atoms with Crippen molar-refractivity contribution in [2.45, 2.75) is 51.6 Å². The maximum absolute atomic E-state index is 13.6. The number of hydrogen-bond acceptors (Lipinski definition) is 8. The van der Waals surface area contributed by atoms with E-state index in [1.54, 1.807) is 34.1 Å². The number of pyridine rings is 2. The number of nitrogens with zero attached hydrogens (tertiary/aromatic N) is 6. The van der Waals surface area contributed by atoms with Crippen molar-refractivity contribution >= 4 is 58.4 Å². The molecule has 2 aliphatic heterocycles. The highest BCUT2D eigenvalue weighted by Gasteiger charge is 2.27. The Balaban J connectivity index is 0.000000214. The molecule has 0 aliphatic carbocycles. The zero-order chi connectivity index (χ0) is 40.2. The van der Waals surface area contributed by atoms with Crippen LogP contribution in [0.2, 0.25) is 10.0 Å². The number of likely N-dealkylation sites (tertiary alicyclic amines) is 2. The number of Topliss-reactive ketones (excluding diaryl/α,β-unsaturated/α-hetero) is 1. The van der Waals surface area contributed by atoms with E-state index in [4.69, 9.17) is 28.9 Å². The van der Waals surface area contributed by atoms with Gasteiger partial charge in [-0.05, 0) is 99.2 Å². The number of halogens is 4. The molecule has 56 heavy (non-hydrogen) atoms. The standard InChI is InChI=1S/C20H22ClFN4O2.C20H21ClFN3O3/c21-17-10-16(6-7-18(17)22)26(20(28)25-8-2-1-3-9-25)13-15-5-4-14(12-24-15)19(27)11-23;1-28-19(26)14-5-6-15(23-12-14)13-25(16-7-8-18(22)17(21)11-16)20(27)24-9-3-2-4-10-24/h4-7,10,12H,1-3,8-9,11,13,23H2;5-8,11-12H,2-4,9-10,13H2,1H3. The Kier molecular flexibility index (Phi) is 15.1. The maximum Gasteiger partial charge on any atom is 0.339 e. The first kappa shape index (κ1) is 42.0. The lowest BCUT2D eigenvalue weighted by Crippen LogP contribution is -2.45. The molecule has 2 aliphatic rings. The first-order valence-electron chi connectivity index (χ1n) is 18.2. The molecular formula is C40H43Cl2F2N7O5. The minimum absolute atomic E-state index is 0.0502. The number of ether oxygens (including phenoxy) is 1. The average Bonchev–Trinajstić information content (AvgIpc) is 3.24. The molecule has 0 unspecified atom stereocenters. The molecule has 4 aromatic rings. The zero-order valence-electron chi connectivity index (χ0n) is 30.9. The number of carbonyl (C=O) groups is 4. The number of piperidine rings is 2. The quantitative estimate of drug-likeness (QED) is 0.133. The minimum atomic E-state index is -0.545. The van der Waals surface area contributed by atoms with Gasteiger partial charge in [0.1, 0.15) is 11.6 Å². The smallest absolute Gasteiger partial charge is 0.339 e. The Morgan fingerprint density at radius 3 is 1.46 bits per heavy atom. The molecule has 0 spiro atoms. The van der Waals surface area contributed by atoms with Crippen LogP contribution in [0.1, 0.15) is 70.6 Å². The summed E-state index contributed by atoms with van der Waals surface area (Å²) in [6, 6.07) is 14.6. The Hall–Kier alpha value is -5.18. The summed E-state index contributed by atoms with van der Waals surface area (Å²) in [7, 11) is 1.30. The Morgan fingerprint density at radius 1 is 0.679 bits per heavy atom. The van der Waals surface area contributed by atoms with Gasteiger partial charge in [-0.15, -0.1) is 0 Å². The Labute approximate surface area is 334 Å². The molecule has 6 rings (SSSR count). The lowest BCUT2D eigenvalue weighted by molar-refractivity contribution is 0.0600. The van der Waals surface area contributed by atoms with Crippen molar-refractivity contribution in [2.24, 2.45) is 5.73 Å². The van der Waals surface area contributed by atoms with E-state index in [0.29, 0.717) is 60.1 Å². The number of rotatable bonds is 9. The largest absolute Gasteiger partial charge is 0.465 e. The molecule has 16 heteroatoms. The van der Waals surface area contributed by atoms with Crippen molar-refractivity contribution in [2.75, 3.05) is 49.6 Å². The molecule has 2 N–H and O–H groups in total. The number of anilines is 2. The predicted molar refractivity (Wildman–Crippen MR) is 210 cm³/mol. The Bertz CT molecular complexity index is 1850. The predicted octanol–water partition coefficient (Wildman–Crippen LogP) is 7.90. The van der Waals surface area contributed by atoms with Crippen LogP contribution >= 0.6 is 23.2 Å². The van der Waals surface area contributed by atoms with Gasteiger partial charge in [0.05, 0.1) is 53.7 Å². The maximum atomic E-state index is 13.6. The second-order valence-corrected chi connectivity index (χ2v) is 14.0. The summed E-state index contributed by atoms with van der Waals surface area (Å²) in [5.41, 5.74) is 8.27. The van der Waals surface area contributed by atoms with Crippen molar-refractivity contribution in [3.63, 3.8) is 0 Å². The van der Waals surface area contributed by atoms with Gasteiger partial charge >= 0.3 is 18.0 Å². The third-order valence-electron chi connectivity index (χ3n) is 9.36. The number of methoxy groups -OCH3 is 1. The summed E-state index contributed by atoms with van der Waals surface area (Å²) in [4.78, 5) is 64.7. The van der Waals surface area contributed by atoms with Crippen LogP contribution in [0.5, 0.6) is 0 Å². The van der Waals surface area contributed by atoms with Gasteiger partial charge in [-0.3, -0.25) is 24.6 Å². The third-order valence-corrected chi connectivity index (χ3v) is 9.94. The topological polar surface area (TPSA) is 142 Å². The molecule has 0 radical (unpaired) electrons. The summed E-state index contributed by atoms with van der Waals surface area (Å²) in [6.07, 6.45) is 8.88. The van der Waals surface area contributed by atoms with Crippen LogP contribution in [-0.2, 0) is 17.8 Å². The third kappa shape index (κ3) is 11.0. The van der Waals surface area contributed by atoms with Gasteiger partial charge in [0, 0.05) is 55.5 Å². The van der Waals surface area contributed by atoms with Crippen LogP contribution in [0, 0.1) is 11.6 Å². The van der Waals surface area contributed by atoms with Crippen molar-refractivity contribution < 1.29 is 32.7 Å². The van der Waals surface area contributed by atoms with Gasteiger partial charge < -0.3 is 20.3 Å². The van der Waals surface area contributed by atoms with Crippen molar-refractivity contribution in [1.82, 2.24) is 19.8 Å². The van der Waals surface area contributed by atoms with E-state index in [1.807, 2.05) is 0 Å². The van der Waals surface area contributed by atoms with E-state index < -0.39 is 17.6 Å². The summed E-state index contributed by atoms with van der Waals surface area (Å²) in [5.74, 6) is -1.77. The molecular weight excluding hydrogens is 767 g/mol. The Morgan fingerprint density at radius 2 is 1.11 bits per heavy atom. The van der Waals surface area contributed by atoms with E-state index in [2.05, 4.69) is 14.7 Å². The van der Waals surface area contributed by atoms with Gasteiger partial charge in [-0.25, -0.2) is 23.2 Å². The van der Waals surface area contributed by atoms with Crippen LogP contribution in [0.4, 0.5) is 29.7 Å².